The van der Waals surface area contributed by atoms with Gasteiger partial charge in [-0.05, 0) is 68.6 Å². The van der Waals surface area contributed by atoms with Gasteiger partial charge in [0.2, 0.25) is 11.7 Å². The Bertz CT molecular complexity index is 1150. The predicted octanol–water partition coefficient (Wildman–Crippen LogP) is 3.33. The fourth-order valence-corrected chi connectivity index (χ4v) is 5.17. The van der Waals surface area contributed by atoms with Crippen molar-refractivity contribution in [2.45, 2.75) is 47.3 Å². The molecule has 2 aromatic heterocycles. The normalized spacial score (nSPS) is 12.4. The molecule has 3 rings (SSSR count). The third-order valence-electron chi connectivity index (χ3n) is 5.56. The lowest BCUT2D eigenvalue weighted by molar-refractivity contribution is -0.124. The van der Waals surface area contributed by atoms with Gasteiger partial charge in [-0.3, -0.25) is 4.79 Å². The summed E-state index contributed by atoms with van der Waals surface area (Å²) in [6.07, 6.45) is -0.900. The van der Waals surface area contributed by atoms with E-state index in [-0.39, 0.29) is 13.2 Å². The van der Waals surface area contributed by atoms with Gasteiger partial charge in [0.25, 0.3) is 5.89 Å². The van der Waals surface area contributed by atoms with E-state index >= 15 is 0 Å². The number of amides is 1. The van der Waals surface area contributed by atoms with E-state index < -0.39 is 18.6 Å². The average Bonchev–Trinajstić information content (AvgIpc) is 3.43. The van der Waals surface area contributed by atoms with E-state index in [0.29, 0.717) is 23.4 Å². The lowest BCUT2D eigenvalue weighted by Gasteiger charge is -2.18. The molecule has 0 unspecified atom stereocenters. The number of hydrogen-bond acceptors (Lipinski definition) is 9. The van der Waals surface area contributed by atoms with Crippen LogP contribution in [-0.2, 0) is 11.3 Å². The van der Waals surface area contributed by atoms with Gasteiger partial charge in [0, 0.05) is 30.1 Å². The summed E-state index contributed by atoms with van der Waals surface area (Å²) >= 11 is 1.68. The maximum atomic E-state index is 11.1. The van der Waals surface area contributed by atoms with Crippen molar-refractivity contribution in [1.29, 1.82) is 0 Å². The zero-order valence-electron chi connectivity index (χ0n) is 21.8. The summed E-state index contributed by atoms with van der Waals surface area (Å²) in [5.74, 6) is 1.72. The predicted molar refractivity (Wildman–Crippen MR) is 140 cm³/mol. The molecule has 0 saturated heterocycles. The first-order chi connectivity index (χ1) is 17.1. The molecule has 3 aromatic rings. The highest BCUT2D eigenvalue weighted by Crippen LogP contribution is 2.34. The number of aliphatic hydroxyl groups is 2. The lowest BCUT2D eigenvalue weighted by Crippen LogP contribution is -2.36. The van der Waals surface area contributed by atoms with Crippen LogP contribution < -0.4 is 10.1 Å². The van der Waals surface area contributed by atoms with Crippen molar-refractivity contribution in [1.82, 2.24) is 20.4 Å². The van der Waals surface area contributed by atoms with Gasteiger partial charge in [-0.1, -0.05) is 19.0 Å². The second-order valence-electron chi connectivity index (χ2n) is 9.60. The molecule has 1 amide bonds. The first-order valence-electron chi connectivity index (χ1n) is 12.0. The standard InChI is InChI=1S/C26H36N4O5S/c1-15(2)11-30(6)12-22-16(3)9-21(36-22)26-28-25(29-35-26)19-7-17(4)24(18(5)8-19)34-14-20(32)10-27-23(33)13-31/h7-9,15,20,31-32H,10-14H2,1-6H3,(H,27,33)/t20-/m0/s1. The number of hydrogen-bond donors (Lipinski definition) is 3. The Labute approximate surface area is 216 Å². The molecule has 0 radical (unpaired) electrons. The Kier molecular flexibility index (Phi) is 9.61. The number of ether oxygens (including phenoxy) is 1. The lowest BCUT2D eigenvalue weighted by atomic mass is 10.1. The molecule has 1 atom stereocenters. The molecule has 36 heavy (non-hydrogen) atoms. The number of rotatable bonds is 12. The van der Waals surface area contributed by atoms with Gasteiger partial charge in [-0.2, -0.15) is 4.98 Å². The molecule has 0 aliphatic heterocycles. The minimum Gasteiger partial charge on any atom is -0.490 e. The van der Waals surface area contributed by atoms with Gasteiger partial charge in [0.05, 0.1) is 4.88 Å². The molecule has 0 aliphatic carbocycles. The number of thiophene rings is 1. The second kappa shape index (κ2) is 12.4. The summed E-state index contributed by atoms with van der Waals surface area (Å²) in [6.45, 7) is 11.7. The molecule has 9 nitrogen and oxygen atoms in total. The molecule has 0 saturated carbocycles. The van der Waals surface area contributed by atoms with E-state index in [4.69, 9.17) is 14.4 Å². The SMILES string of the molecule is Cc1cc(-c2nc(-c3cc(C)c(OC[C@@H](O)CNC(=O)CO)c(C)c3)no2)sc1CN(C)CC(C)C. The van der Waals surface area contributed by atoms with Crippen LogP contribution in [0, 0.1) is 26.7 Å². The molecule has 0 spiro atoms. The molecule has 1 aromatic carbocycles. The van der Waals surface area contributed by atoms with Crippen molar-refractivity contribution in [3.63, 3.8) is 0 Å². The molecule has 196 valence electrons. The number of nitrogens with one attached hydrogen (secondary N) is 1. The van der Waals surface area contributed by atoms with Crippen LogP contribution in [0.1, 0.15) is 35.4 Å². The number of carbonyl (C=O) groups is 1. The second-order valence-corrected chi connectivity index (χ2v) is 10.7. The van der Waals surface area contributed by atoms with Gasteiger partial charge in [0.1, 0.15) is 25.1 Å². The molecular weight excluding hydrogens is 480 g/mol. The quantitative estimate of drug-likeness (QED) is 0.335. The van der Waals surface area contributed by atoms with Crippen molar-refractivity contribution in [3.05, 3.63) is 39.8 Å². The average molecular weight is 517 g/mol. The topological polar surface area (TPSA) is 121 Å². The maximum absolute atomic E-state index is 11.1. The summed E-state index contributed by atoms with van der Waals surface area (Å²) in [7, 11) is 2.14. The van der Waals surface area contributed by atoms with Crippen LogP contribution >= 0.6 is 11.3 Å². The molecule has 0 bridgehead atoms. The van der Waals surface area contributed by atoms with Crippen LogP contribution in [-0.4, -0.2) is 70.6 Å². The fraction of sp³-hybridized carbons (Fsp3) is 0.500. The summed E-state index contributed by atoms with van der Waals surface area (Å²) in [5, 5.41) is 25.4. The van der Waals surface area contributed by atoms with Crippen LogP contribution in [0.5, 0.6) is 5.75 Å². The first kappa shape index (κ1) is 27.8. The Hall–Kier alpha value is -2.79. The summed E-state index contributed by atoms with van der Waals surface area (Å²) < 4.78 is 11.4. The van der Waals surface area contributed by atoms with E-state index in [2.05, 4.69) is 54.2 Å². The third-order valence-corrected chi connectivity index (χ3v) is 6.77. The van der Waals surface area contributed by atoms with Gasteiger partial charge >= 0.3 is 0 Å². The largest absolute Gasteiger partial charge is 0.490 e. The number of benzene rings is 1. The molecule has 0 aliphatic rings. The highest BCUT2D eigenvalue weighted by atomic mass is 32.1. The van der Waals surface area contributed by atoms with E-state index in [1.165, 1.54) is 10.4 Å². The van der Waals surface area contributed by atoms with Gasteiger partial charge in [0.15, 0.2) is 0 Å². The summed E-state index contributed by atoms with van der Waals surface area (Å²) in [4.78, 5) is 20.3. The minimum absolute atomic E-state index is 0.000862. The Balaban J connectivity index is 1.69. The Morgan fingerprint density at radius 3 is 2.53 bits per heavy atom. The van der Waals surface area contributed by atoms with Gasteiger partial charge in [-0.25, -0.2) is 0 Å². The Morgan fingerprint density at radius 1 is 1.19 bits per heavy atom. The molecule has 10 heteroatoms. The van der Waals surface area contributed by atoms with E-state index in [9.17, 15) is 9.90 Å². The number of aromatic nitrogens is 2. The highest BCUT2D eigenvalue weighted by Gasteiger charge is 2.18. The molecule has 0 fully saturated rings. The number of aliphatic hydroxyl groups excluding tert-OH is 2. The van der Waals surface area contributed by atoms with Crippen molar-refractivity contribution in [3.8, 4) is 27.9 Å². The zero-order chi connectivity index (χ0) is 26.4. The first-order valence-corrected chi connectivity index (χ1v) is 12.8. The smallest absolute Gasteiger partial charge is 0.268 e. The van der Waals surface area contributed by atoms with Crippen molar-refractivity contribution in [2.75, 3.05) is 33.4 Å². The van der Waals surface area contributed by atoms with Crippen LogP contribution in [0.2, 0.25) is 0 Å². The monoisotopic (exact) mass is 516 g/mol. The van der Waals surface area contributed by atoms with Crippen LogP contribution in [0.4, 0.5) is 0 Å². The van der Waals surface area contributed by atoms with Gasteiger partial charge in [-0.15, -0.1) is 11.3 Å². The van der Waals surface area contributed by atoms with Crippen LogP contribution in [0.25, 0.3) is 22.2 Å². The summed E-state index contributed by atoms with van der Waals surface area (Å²) in [5.41, 5.74) is 3.76. The maximum Gasteiger partial charge on any atom is 0.268 e. The Morgan fingerprint density at radius 2 is 1.89 bits per heavy atom. The van der Waals surface area contributed by atoms with E-state index in [0.717, 1.165) is 34.7 Å². The summed E-state index contributed by atoms with van der Waals surface area (Å²) in [6, 6.07) is 5.94. The third kappa shape index (κ3) is 7.36. The van der Waals surface area contributed by atoms with Crippen LogP contribution in [0.3, 0.4) is 0 Å². The van der Waals surface area contributed by atoms with E-state index in [1.807, 2.05) is 26.0 Å². The molecule has 2 heterocycles. The molecule has 3 N–H and O–H groups in total. The number of nitrogens with zero attached hydrogens (tertiary/aromatic N) is 3. The number of aryl methyl sites for hydroxylation is 3. The van der Waals surface area contributed by atoms with Gasteiger partial charge < -0.3 is 29.7 Å². The highest BCUT2D eigenvalue weighted by molar-refractivity contribution is 7.15. The number of carbonyl (C=O) groups excluding carboxylic acids is 1. The van der Waals surface area contributed by atoms with E-state index in [1.54, 1.807) is 11.3 Å². The van der Waals surface area contributed by atoms with Crippen molar-refractivity contribution in [2.24, 2.45) is 5.92 Å². The fourth-order valence-electron chi connectivity index (χ4n) is 3.99. The molecular formula is C26H36N4O5S. The van der Waals surface area contributed by atoms with Crippen molar-refractivity contribution >= 4 is 17.2 Å². The van der Waals surface area contributed by atoms with Crippen molar-refractivity contribution < 1.29 is 24.3 Å². The minimum atomic E-state index is -0.900. The zero-order valence-corrected chi connectivity index (χ0v) is 22.6. The van der Waals surface area contributed by atoms with Crippen LogP contribution in [0.15, 0.2) is 22.7 Å².